The third kappa shape index (κ3) is 2.82. The summed E-state index contributed by atoms with van der Waals surface area (Å²) < 4.78 is 8.41. The van der Waals surface area contributed by atoms with Gasteiger partial charge in [0.2, 0.25) is 0 Å². The van der Waals surface area contributed by atoms with Crippen LogP contribution in [-0.4, -0.2) is 80.1 Å². The Morgan fingerprint density at radius 1 is 1.48 bits per heavy atom. The van der Waals surface area contributed by atoms with Gasteiger partial charge in [0, 0.05) is 0 Å². The molecule has 0 spiro atoms. The van der Waals surface area contributed by atoms with E-state index >= 15 is 0 Å². The Morgan fingerprint density at radius 2 is 2.21 bits per heavy atom. The molecule has 0 aliphatic carbocycles. The van der Waals surface area contributed by atoms with E-state index in [9.17, 15) is 25.4 Å². The molecule has 4 heterocycles. The molecule has 0 aromatic carbocycles. The third-order valence-corrected chi connectivity index (χ3v) is 5.91. The zero-order valence-electron chi connectivity index (χ0n) is 14.9. The number of aliphatic hydroxyl groups is 3. The fraction of sp³-hybridized carbons (Fsp3) is 0.500. The zero-order chi connectivity index (χ0) is 21.1. The zero-order valence-corrected chi connectivity index (χ0v) is 16.6. The van der Waals surface area contributed by atoms with E-state index < -0.39 is 46.3 Å². The SMILES string of the molecule is Cn1cnc([N+](=O)[O-])c1C1(O)N=C(N)Nc2c1ncn2[C@@H]1O[C@H](CO)[C@@H](O)[C@H]1[Se]. The van der Waals surface area contributed by atoms with Crippen molar-refractivity contribution in [1.29, 1.82) is 0 Å². The number of aryl methyl sites for hydroxylation is 1. The van der Waals surface area contributed by atoms with E-state index in [0.717, 1.165) is 0 Å². The number of imidazole rings is 2. The molecule has 0 bridgehead atoms. The molecule has 2 aromatic heterocycles. The molecule has 1 saturated heterocycles. The molecule has 14 nitrogen and oxygen atoms in total. The van der Waals surface area contributed by atoms with Gasteiger partial charge in [0.05, 0.1) is 0 Å². The van der Waals surface area contributed by atoms with Crippen LogP contribution in [0, 0.1) is 10.1 Å². The molecule has 2 aliphatic rings. The average Bonchev–Trinajstić information content (AvgIpc) is 3.32. The summed E-state index contributed by atoms with van der Waals surface area (Å²) in [7, 11) is 1.47. The third-order valence-electron chi connectivity index (χ3n) is 4.84. The summed E-state index contributed by atoms with van der Waals surface area (Å²) in [5, 5.41) is 45.1. The number of aliphatic hydroxyl groups excluding tert-OH is 2. The van der Waals surface area contributed by atoms with Gasteiger partial charge in [0.15, 0.2) is 0 Å². The van der Waals surface area contributed by atoms with Crippen LogP contribution in [0.2, 0.25) is 4.82 Å². The van der Waals surface area contributed by atoms with E-state index in [1.807, 2.05) is 0 Å². The predicted molar refractivity (Wildman–Crippen MR) is 96.8 cm³/mol. The Kier molecular flexibility index (Phi) is 4.60. The van der Waals surface area contributed by atoms with Gasteiger partial charge in [0.25, 0.3) is 0 Å². The molecule has 29 heavy (non-hydrogen) atoms. The molecule has 15 heteroatoms. The van der Waals surface area contributed by atoms with Crippen molar-refractivity contribution in [2.75, 3.05) is 11.9 Å². The molecule has 155 valence electrons. The van der Waals surface area contributed by atoms with Crippen molar-refractivity contribution in [3.05, 3.63) is 34.2 Å². The topological polar surface area (TPSA) is 199 Å². The Balaban J connectivity index is 1.85. The average molecular weight is 472 g/mol. The van der Waals surface area contributed by atoms with Crippen LogP contribution in [-0.2, 0) is 17.5 Å². The van der Waals surface area contributed by atoms with Gasteiger partial charge in [-0.25, -0.2) is 0 Å². The Labute approximate surface area is 171 Å². The first-order chi connectivity index (χ1) is 13.7. The number of hydrogen-bond acceptors (Lipinski definition) is 11. The molecular formula is C14H17N8O6Se. The van der Waals surface area contributed by atoms with Crippen LogP contribution in [0.15, 0.2) is 17.6 Å². The monoisotopic (exact) mass is 473 g/mol. The summed E-state index contributed by atoms with van der Waals surface area (Å²) in [5.74, 6) is -0.638. The summed E-state index contributed by atoms with van der Waals surface area (Å²) in [6, 6.07) is 0. The second-order valence-electron chi connectivity index (χ2n) is 6.63. The van der Waals surface area contributed by atoms with Crippen LogP contribution in [0.25, 0.3) is 0 Å². The number of guanidine groups is 1. The molecule has 6 N–H and O–H groups in total. The summed E-state index contributed by atoms with van der Waals surface area (Å²) in [4.78, 5) is 22.0. The maximum absolute atomic E-state index is 11.4. The van der Waals surface area contributed by atoms with Crippen molar-refractivity contribution in [3.63, 3.8) is 0 Å². The van der Waals surface area contributed by atoms with Gasteiger partial charge in [-0.3, -0.25) is 0 Å². The molecule has 1 unspecified atom stereocenters. The van der Waals surface area contributed by atoms with Crippen molar-refractivity contribution in [2.24, 2.45) is 17.8 Å². The van der Waals surface area contributed by atoms with E-state index in [-0.39, 0.29) is 23.2 Å². The quantitative estimate of drug-likeness (QED) is 0.183. The Hall–Kier alpha value is -2.55. The van der Waals surface area contributed by atoms with Crippen LogP contribution in [0.5, 0.6) is 0 Å². The molecule has 1 radical (unpaired) electrons. The molecule has 0 amide bonds. The van der Waals surface area contributed by atoms with Crippen LogP contribution in [0.3, 0.4) is 0 Å². The molecule has 4 rings (SSSR count). The first kappa shape index (κ1) is 19.8. The van der Waals surface area contributed by atoms with Crippen molar-refractivity contribution in [1.82, 2.24) is 19.1 Å². The summed E-state index contributed by atoms with van der Waals surface area (Å²) >= 11 is 2.80. The first-order valence-electron chi connectivity index (χ1n) is 8.37. The van der Waals surface area contributed by atoms with Gasteiger partial charge in [0.1, 0.15) is 0 Å². The van der Waals surface area contributed by atoms with Crippen LogP contribution in [0.4, 0.5) is 11.6 Å². The number of hydrogen-bond donors (Lipinski definition) is 5. The van der Waals surface area contributed by atoms with E-state index in [4.69, 9.17) is 10.5 Å². The van der Waals surface area contributed by atoms with Crippen molar-refractivity contribution >= 4 is 33.6 Å². The molecule has 5 atom stereocenters. The fourth-order valence-electron chi connectivity index (χ4n) is 3.52. The molecule has 0 saturated carbocycles. The second-order valence-corrected chi connectivity index (χ2v) is 7.77. The number of aromatic nitrogens is 4. The summed E-state index contributed by atoms with van der Waals surface area (Å²) in [5.41, 5.74) is 3.28. The summed E-state index contributed by atoms with van der Waals surface area (Å²) in [6.07, 6.45) is -0.0940. The number of anilines is 1. The predicted octanol–water partition coefficient (Wildman–Crippen LogP) is -2.33. The Morgan fingerprint density at radius 3 is 2.83 bits per heavy atom. The van der Waals surface area contributed by atoms with Crippen LogP contribution < -0.4 is 11.1 Å². The number of nitrogens with zero attached hydrogens (tertiary/aromatic N) is 6. The molecule has 2 aliphatic heterocycles. The van der Waals surface area contributed by atoms with Crippen molar-refractivity contribution in [2.45, 2.75) is 29.0 Å². The van der Waals surface area contributed by atoms with Gasteiger partial charge in [-0.15, -0.1) is 0 Å². The number of nitrogens with two attached hydrogens (primary N) is 1. The molecular weight excluding hydrogens is 455 g/mol. The fourth-order valence-corrected chi connectivity index (χ4v) is 4.30. The second kappa shape index (κ2) is 6.76. The van der Waals surface area contributed by atoms with Gasteiger partial charge >= 0.3 is 171 Å². The number of nitrogens with one attached hydrogen (secondary N) is 1. The van der Waals surface area contributed by atoms with Crippen LogP contribution in [0.1, 0.15) is 17.6 Å². The Bertz CT molecular complexity index is 1010. The van der Waals surface area contributed by atoms with E-state index in [2.05, 4.69) is 36.3 Å². The van der Waals surface area contributed by atoms with Crippen molar-refractivity contribution < 1.29 is 25.0 Å². The minimum atomic E-state index is -2.29. The number of aliphatic imine (C=N–C) groups is 1. The molecule has 1 fully saturated rings. The standard InChI is InChI=1S/C14H17N8O6Se/c1-20-3-17-11(22(26)27)9(20)14(25)8-10(18-13(15)19-14)21(4-16-8)12-7(29)6(24)5(2-23)28-12/h3-7,12,23-25H,2H2,1H3,(H3,15,18,19)/t5-,6-,7-,12-,14?/m1/s1. The minimum absolute atomic E-state index is 0.0591. The number of rotatable bonds is 4. The van der Waals surface area contributed by atoms with E-state index in [1.165, 1.54) is 28.8 Å². The van der Waals surface area contributed by atoms with Gasteiger partial charge in [-0.2, -0.15) is 0 Å². The van der Waals surface area contributed by atoms with E-state index in [1.54, 1.807) is 0 Å². The number of nitro groups is 1. The van der Waals surface area contributed by atoms with Crippen molar-refractivity contribution in [3.8, 4) is 0 Å². The van der Waals surface area contributed by atoms with Crippen LogP contribution >= 0.6 is 0 Å². The van der Waals surface area contributed by atoms with E-state index in [0.29, 0.717) is 0 Å². The van der Waals surface area contributed by atoms with Gasteiger partial charge < -0.3 is 0 Å². The number of ether oxygens (including phenoxy) is 1. The molecule has 2 aromatic rings. The number of fused-ring (bicyclic) bond motifs is 1. The summed E-state index contributed by atoms with van der Waals surface area (Å²) in [6.45, 7) is -0.394. The maximum atomic E-state index is 11.4. The van der Waals surface area contributed by atoms with Gasteiger partial charge in [-0.05, 0) is 0 Å². The van der Waals surface area contributed by atoms with Gasteiger partial charge in [-0.1, -0.05) is 0 Å². The normalized spacial score (nSPS) is 31.3. The first-order valence-corrected chi connectivity index (χ1v) is 9.36.